The highest BCUT2D eigenvalue weighted by molar-refractivity contribution is 7.53. The van der Waals surface area contributed by atoms with Gasteiger partial charge in [0.25, 0.3) is 0 Å². The number of amides is 6. The fourth-order valence-corrected chi connectivity index (χ4v) is 15.3. The van der Waals surface area contributed by atoms with Crippen molar-refractivity contribution in [3.05, 3.63) is 0 Å². The van der Waals surface area contributed by atoms with E-state index in [9.17, 15) is 112 Å². The molecule has 1 aliphatic heterocycles. The number of carbonyl (C=O) groups excluding carboxylic acids is 9. The number of β-amino-alcohol motifs (C(OH)–C–C–N with tert-alkyl or cyclic N) is 1. The standard InChI is InChI=1S/C13H26NO5P.C12H23NO4.C11H25NO5.C11H21NO3.C10H25N2.C10H21NO4.C8H18NO4P.C8H15NO4.C6H15NO7P2.C5H12NO4P/c1-10(2)12(18)14-5-3-4-11(17)6-13(7-15,8-16)9-20-19;1-9(2)12(17)13-5-3-4-11(16)6-10(7-14)8-15;1-7(2)4-12(3)5-8(14)10(16)11(17)9(15)6-13;1-9(2)11(15)12-7-3-5-10(14)6-4-8-13;1-10(2)9-11(3)7-8-12(4,5)6;1-6(2)3-11-4-8(13)10(15)9(14)7(11)5-12;1-7(2)8(10)9-5-3-4-6-14(11,12)13;1-5(2)4-9-6(8(12)13)3-7(10)11;1-5(2)6(8)7(3-15(9,10)11)4-16(12,13)14;1-4(2)5(7)6-3-11(8,9)10/h10,15-16,19-20H,3-9H2,1-2H3,(H,14,18);9-10,14-15H,3-8H2,1-2H3,(H,13,17);7-11,13-17H,4-6H2,1-3H3;9,13H,3-8H2,1-2H3,(H,12,15);10H,7-9H2,1-6H3;6-10,12-15H,3-5H2,1-2H3;7H,3-6H2,1-2H3,(H,9,10)(H2,11,12,13);5-6,9H,3-4H2,1-2H3,(H,10,11)(H,12,13);5H,3-4H2,1-2H3,(H2,9,10,11)(H2,12,13,14);4H,3H2,1-2H3,(H,6,7)(H2,8,9,10)/q;;;;+1;;;;;/t;;8-,9+,10+,11+;;;7-,8+,9-,10-;;6-;;/m..0..1.0../s1. The fraction of sp³-hybridized carbons (Fsp3) is 0.883. The van der Waals surface area contributed by atoms with Crippen LogP contribution in [0.3, 0.4) is 0 Å². The summed E-state index contributed by atoms with van der Waals surface area (Å²) in [7, 11) is -6.72. The number of likely N-dealkylation sites (N-methyl/N-ethyl adjacent to an activating group) is 3. The number of quaternary nitrogens is 1. The van der Waals surface area contributed by atoms with Crippen LogP contribution in [0.25, 0.3) is 0 Å². The molecule has 6 amide bonds. The first-order chi connectivity index (χ1) is 68.6. The van der Waals surface area contributed by atoms with Crippen molar-refractivity contribution in [3.63, 3.8) is 0 Å². The molecule has 1 rings (SSSR count). The van der Waals surface area contributed by atoms with Crippen molar-refractivity contribution in [2.24, 2.45) is 70.5 Å². The van der Waals surface area contributed by atoms with Gasteiger partial charge in [-0.25, -0.2) is 0 Å². The lowest BCUT2D eigenvalue weighted by Crippen LogP contribution is -2.62. The van der Waals surface area contributed by atoms with E-state index in [1.165, 1.54) is 33.5 Å². The van der Waals surface area contributed by atoms with Gasteiger partial charge in [-0.1, -0.05) is 138 Å². The molecule has 0 saturated carbocycles. The Morgan fingerprint density at radius 1 is 0.453 bits per heavy atom. The van der Waals surface area contributed by atoms with Gasteiger partial charge in [0, 0.05) is 186 Å². The summed E-state index contributed by atoms with van der Waals surface area (Å²) in [5.74, 6) is -2.74. The van der Waals surface area contributed by atoms with E-state index in [-0.39, 0.29) is 167 Å². The maximum absolute atomic E-state index is 11.8. The predicted molar refractivity (Wildman–Crippen MR) is 571 cm³/mol. The number of unbranched alkanes of at least 4 members (excludes halogenated alkanes) is 1. The molecule has 0 aromatic rings. The Morgan fingerprint density at radius 3 is 1.17 bits per heavy atom. The van der Waals surface area contributed by atoms with Crippen LogP contribution in [0.15, 0.2) is 0 Å². The molecule has 51 nitrogen and oxygen atoms in total. The normalized spacial score (nSPS) is 15.5. The number of rotatable bonds is 64. The van der Waals surface area contributed by atoms with E-state index in [1.807, 2.05) is 79.0 Å². The third-order valence-electron chi connectivity index (χ3n) is 20.5. The van der Waals surface area contributed by atoms with Gasteiger partial charge in [0.2, 0.25) is 35.4 Å². The van der Waals surface area contributed by atoms with Gasteiger partial charge in [0.15, 0.2) is 0 Å². The minimum Gasteiger partial charge on any atom is -0.481 e. The summed E-state index contributed by atoms with van der Waals surface area (Å²) < 4.78 is 43.1. The van der Waals surface area contributed by atoms with Gasteiger partial charge in [-0.3, -0.25) is 75.9 Å². The van der Waals surface area contributed by atoms with Crippen molar-refractivity contribution in [1.82, 2.24) is 51.5 Å². The van der Waals surface area contributed by atoms with E-state index in [4.69, 9.17) is 84.9 Å². The van der Waals surface area contributed by atoms with E-state index in [0.717, 1.165) is 16.9 Å². The first-order valence-corrected chi connectivity index (χ1v) is 58.8. The van der Waals surface area contributed by atoms with Gasteiger partial charge in [-0.15, -0.1) is 0 Å². The topological polar surface area (TPSA) is 847 Å². The van der Waals surface area contributed by atoms with Crippen LogP contribution in [0.5, 0.6) is 0 Å². The number of Topliss-reactive ketones (excluding diaryl/α,β-unsaturated/α-hetero) is 3. The highest BCUT2D eigenvalue weighted by atomic mass is 31.2. The van der Waals surface area contributed by atoms with Gasteiger partial charge in [-0.2, -0.15) is 0 Å². The zero-order valence-corrected chi connectivity index (χ0v) is 98.1. The fourth-order valence-electron chi connectivity index (χ4n) is 12.1. The van der Waals surface area contributed by atoms with Crippen LogP contribution >= 0.6 is 39.2 Å². The summed E-state index contributed by atoms with van der Waals surface area (Å²) in [5, 5.41) is 162. The maximum Gasteiger partial charge on any atom is 0.344 e. The molecule has 1 heterocycles. The number of piperidine rings is 1. The zero-order chi connectivity index (χ0) is 119. The third-order valence-corrected chi connectivity index (χ3v) is 24.3. The van der Waals surface area contributed by atoms with Crippen LogP contribution in [0.4, 0.5) is 0 Å². The highest BCUT2D eigenvalue weighted by Gasteiger charge is 2.42. The number of nitrogens with one attached hydrogen (secondary N) is 6. The van der Waals surface area contributed by atoms with E-state index >= 15 is 0 Å². The second kappa shape index (κ2) is 90.9. The molecular weight excluding hydrogens is 2080 g/mol. The number of carboxylic acid groups (broad SMARTS) is 2. The van der Waals surface area contributed by atoms with Crippen LogP contribution in [0, 0.1) is 70.5 Å². The van der Waals surface area contributed by atoms with Crippen LogP contribution in [0.1, 0.15) is 222 Å². The van der Waals surface area contributed by atoms with Gasteiger partial charge in [0.1, 0.15) is 72.8 Å². The Bertz CT molecular complexity index is 3730. The maximum atomic E-state index is 11.8. The average molecular weight is 2280 g/mol. The number of nitrogens with zero attached hydrogens (tertiary/aromatic N) is 5. The number of aliphatic hydroxyl groups excluding tert-OH is 14. The molecule has 0 radical (unpaired) electrons. The number of likely N-dealkylation sites (tertiary alicyclic amines) is 1. The van der Waals surface area contributed by atoms with E-state index in [0.29, 0.717) is 126 Å². The highest BCUT2D eigenvalue weighted by Crippen LogP contribution is 2.42. The molecule has 0 spiro atoms. The summed E-state index contributed by atoms with van der Waals surface area (Å²) in [4.78, 5) is 206. The quantitative estimate of drug-likeness (QED) is 0.0202. The Hall–Kier alpha value is -5.00. The summed E-state index contributed by atoms with van der Waals surface area (Å²) in [6.45, 7) is 43.4. The van der Waals surface area contributed by atoms with E-state index < -0.39 is 149 Å². The number of hydrogen-bond acceptors (Lipinski definition) is 34. The van der Waals surface area contributed by atoms with Crippen molar-refractivity contribution in [2.45, 2.75) is 277 Å². The van der Waals surface area contributed by atoms with Crippen LogP contribution in [-0.4, -0.2) is 461 Å². The van der Waals surface area contributed by atoms with Gasteiger partial charge in [0.05, 0.1) is 78.8 Å². The molecule has 150 heavy (non-hydrogen) atoms. The van der Waals surface area contributed by atoms with Gasteiger partial charge < -0.3 is 177 Å². The second-order valence-electron chi connectivity index (χ2n) is 41.6. The second-order valence-corrected chi connectivity index (χ2v) is 48.9. The molecule has 1 unspecified atom stereocenters. The SMILES string of the molecule is CC(C)C(=O)N(CP(=O)(O)O)CP(=O)(O)O.CC(C)C(=O)NCCCC(=O)CC(CO)(CO)CPO.CC(C)C(=O)NCCCC(=O)CC(CO)CO.CC(C)C(=O)NCCCC(=O)CCCO.CC(C)C(=O)NCCCCP(=O)(O)O.CC(C)C(=O)NCP(=O)(O)O.CC(C)CN(C)CC[N+](C)(C)C.CC(C)CN(C)C[C@H](O)[C@@H](O)[C@H](O)[C@H](O)CO.CC(C)CN1C[C@H](O)[C@@H](O)[C@H](O)[C@H]1CO.CC(C)CN[C@@H](CC(=O)O)C(=O)O. The summed E-state index contributed by atoms with van der Waals surface area (Å²) in [6.07, 6.45) is -6.47. The molecule has 56 heteroatoms. The van der Waals surface area contributed by atoms with Crippen molar-refractivity contribution < 1.29 is 201 Å². The largest absolute Gasteiger partial charge is 0.481 e. The zero-order valence-electron chi connectivity index (χ0n) is 93.5. The number of ketones is 3. The molecule has 10 atom stereocenters. The molecule has 0 aromatic heterocycles. The molecule has 1 aliphatic rings. The van der Waals surface area contributed by atoms with Crippen molar-refractivity contribution >= 4 is 104 Å². The van der Waals surface area contributed by atoms with Gasteiger partial charge >= 0.3 is 42.3 Å². The molecule has 31 N–H and O–H groups in total. The summed E-state index contributed by atoms with van der Waals surface area (Å²) >= 11 is 0. The van der Waals surface area contributed by atoms with Crippen LogP contribution in [0.2, 0.25) is 0 Å². The number of hydrogen-bond donors (Lipinski definition) is 31. The third kappa shape index (κ3) is 103. The predicted octanol–water partition coefficient (Wildman–Crippen LogP) is -0.762. The summed E-state index contributed by atoms with van der Waals surface area (Å²) in [6, 6.07) is -1.47. The Balaban J connectivity index is -0.000000211. The Kier molecular flexibility index (Phi) is 98.5. The van der Waals surface area contributed by atoms with Crippen molar-refractivity contribution in [2.75, 3.05) is 191 Å². The van der Waals surface area contributed by atoms with Crippen molar-refractivity contribution in [3.8, 4) is 0 Å². The summed E-state index contributed by atoms with van der Waals surface area (Å²) in [5.41, 5.74) is -0.925. The molecule has 1 fully saturated rings. The Morgan fingerprint density at radius 2 is 0.847 bits per heavy atom. The average Bonchev–Trinajstić information content (AvgIpc) is 0.813. The van der Waals surface area contributed by atoms with Crippen molar-refractivity contribution in [1.29, 1.82) is 0 Å². The lowest BCUT2D eigenvalue weighted by atomic mass is 9.85. The lowest BCUT2D eigenvalue weighted by Gasteiger charge is -2.43. The molecule has 0 aromatic carbocycles. The minimum atomic E-state index is -4.54. The first-order valence-electron chi connectivity index (χ1n) is 50.5. The number of carboxylic acids is 2. The molecule has 0 bridgehead atoms. The number of carbonyl (C=O) groups is 11. The Labute approximate surface area is 891 Å². The monoisotopic (exact) mass is 2280 g/mol. The molecule has 1 saturated heterocycles. The molecule has 0 aliphatic carbocycles. The van der Waals surface area contributed by atoms with Crippen LogP contribution in [-0.2, 0) is 71.0 Å². The number of aliphatic hydroxyl groups is 14. The molecular formula is C94H201N11O40P5+. The minimum absolute atomic E-state index is 0.00455. The smallest absolute Gasteiger partial charge is 0.344 e. The number of aliphatic carboxylic acids is 2. The first kappa shape index (κ1) is 163. The van der Waals surface area contributed by atoms with E-state index in [2.05, 4.69) is 78.8 Å². The van der Waals surface area contributed by atoms with E-state index in [1.54, 1.807) is 48.6 Å². The van der Waals surface area contributed by atoms with Crippen LogP contribution < -0.4 is 31.9 Å². The van der Waals surface area contributed by atoms with Gasteiger partial charge in [-0.05, 0) is 89.0 Å². The lowest BCUT2D eigenvalue weighted by molar-refractivity contribution is -0.869. The molecule has 896 valence electrons.